The lowest BCUT2D eigenvalue weighted by molar-refractivity contribution is 0.783. The predicted molar refractivity (Wildman–Crippen MR) is 69.5 cm³/mol. The summed E-state index contributed by atoms with van der Waals surface area (Å²) >= 11 is 1.62. The molecule has 1 aliphatic carbocycles. The highest BCUT2D eigenvalue weighted by atomic mass is 32.1. The van der Waals surface area contributed by atoms with Gasteiger partial charge in [-0.15, -0.1) is 10.2 Å². The van der Waals surface area contributed by atoms with Crippen molar-refractivity contribution in [2.75, 3.05) is 5.73 Å². The van der Waals surface area contributed by atoms with E-state index in [1.54, 1.807) is 22.2 Å². The second-order valence-corrected chi connectivity index (χ2v) is 5.63. The molecule has 4 rings (SSSR count). The first-order valence-corrected chi connectivity index (χ1v) is 6.63. The summed E-state index contributed by atoms with van der Waals surface area (Å²) in [4.78, 5) is 0.853. The van der Waals surface area contributed by atoms with Crippen LogP contribution in [0.1, 0.15) is 23.4 Å². The Kier molecular flexibility index (Phi) is 1.83. The van der Waals surface area contributed by atoms with Crippen LogP contribution in [0.15, 0.2) is 30.6 Å². The number of anilines is 1. The third kappa shape index (κ3) is 1.29. The molecule has 0 aliphatic heterocycles. The van der Waals surface area contributed by atoms with Crippen LogP contribution >= 0.6 is 11.3 Å². The van der Waals surface area contributed by atoms with Gasteiger partial charge in [-0.1, -0.05) is 23.5 Å². The van der Waals surface area contributed by atoms with E-state index in [1.165, 1.54) is 5.56 Å². The van der Waals surface area contributed by atoms with E-state index < -0.39 is 0 Å². The molecule has 2 N–H and O–H groups in total. The van der Waals surface area contributed by atoms with Gasteiger partial charge < -0.3 is 5.73 Å². The number of nitrogen functional groups attached to an aromatic ring is 1. The zero-order valence-electron chi connectivity index (χ0n) is 9.58. The highest BCUT2D eigenvalue weighted by Gasteiger charge is 2.49. The van der Waals surface area contributed by atoms with Gasteiger partial charge in [0.25, 0.3) is 0 Å². The number of nitrogens with zero attached hydrogens (tertiary/aromatic N) is 4. The number of fused-ring (bicyclic) bond motifs is 1. The average molecular weight is 257 g/mol. The first-order chi connectivity index (χ1) is 8.78. The van der Waals surface area contributed by atoms with E-state index in [0.717, 1.165) is 28.5 Å². The fourth-order valence-electron chi connectivity index (χ4n) is 2.31. The van der Waals surface area contributed by atoms with Crippen LogP contribution in [0.25, 0.3) is 4.96 Å². The van der Waals surface area contributed by atoms with E-state index in [0.29, 0.717) is 0 Å². The van der Waals surface area contributed by atoms with Gasteiger partial charge in [-0.3, -0.25) is 0 Å². The topological polar surface area (TPSA) is 69.1 Å². The summed E-state index contributed by atoms with van der Waals surface area (Å²) in [6, 6.07) is 8.11. The van der Waals surface area contributed by atoms with Gasteiger partial charge in [0.1, 0.15) is 11.3 Å². The van der Waals surface area contributed by atoms with Crippen molar-refractivity contribution in [2.45, 2.75) is 18.3 Å². The highest BCUT2D eigenvalue weighted by Crippen LogP contribution is 2.54. The maximum Gasteiger partial charge on any atom is 0.234 e. The van der Waals surface area contributed by atoms with Crippen LogP contribution < -0.4 is 5.73 Å². The maximum atomic E-state index is 5.74. The van der Waals surface area contributed by atoms with Gasteiger partial charge in [-0.25, -0.2) is 0 Å². The summed E-state index contributed by atoms with van der Waals surface area (Å²) < 4.78 is 1.75. The van der Waals surface area contributed by atoms with E-state index in [1.807, 2.05) is 12.1 Å². The molecule has 0 bridgehead atoms. The van der Waals surface area contributed by atoms with E-state index in [4.69, 9.17) is 5.73 Å². The third-order valence-electron chi connectivity index (χ3n) is 3.51. The highest BCUT2D eigenvalue weighted by molar-refractivity contribution is 7.16. The minimum Gasteiger partial charge on any atom is -0.399 e. The zero-order chi connectivity index (χ0) is 12.2. The minimum absolute atomic E-state index is 0.0824. The molecular weight excluding hydrogens is 246 g/mol. The molecule has 0 radical (unpaired) electrons. The van der Waals surface area contributed by atoms with Crippen LogP contribution in [-0.2, 0) is 5.41 Å². The van der Waals surface area contributed by atoms with Crippen LogP contribution in [0.3, 0.4) is 0 Å². The quantitative estimate of drug-likeness (QED) is 0.711. The minimum atomic E-state index is 0.0824. The maximum absolute atomic E-state index is 5.74. The van der Waals surface area contributed by atoms with Crippen molar-refractivity contribution in [3.63, 3.8) is 0 Å². The van der Waals surface area contributed by atoms with Gasteiger partial charge in [0.05, 0.1) is 0 Å². The van der Waals surface area contributed by atoms with E-state index in [2.05, 4.69) is 27.4 Å². The molecule has 2 heterocycles. The van der Waals surface area contributed by atoms with Gasteiger partial charge in [0.2, 0.25) is 4.96 Å². The summed E-state index contributed by atoms with van der Waals surface area (Å²) in [6.45, 7) is 0. The molecule has 90 valence electrons. The van der Waals surface area contributed by atoms with Gasteiger partial charge in [-0.05, 0) is 30.5 Å². The molecule has 0 unspecified atom stereocenters. The van der Waals surface area contributed by atoms with Gasteiger partial charge in [-0.2, -0.15) is 9.61 Å². The van der Waals surface area contributed by atoms with Crippen LogP contribution in [0.4, 0.5) is 5.69 Å². The Morgan fingerprint density at radius 2 is 2.00 bits per heavy atom. The molecule has 5 nitrogen and oxygen atoms in total. The molecular formula is C12H11N5S. The molecule has 2 aromatic heterocycles. The SMILES string of the molecule is Nc1ccc(C2(c3nn4cnnc4s3)CC2)cc1. The standard InChI is InChI=1S/C12H11N5S/c13-9-3-1-8(2-4-9)12(5-6-12)10-16-17-7-14-15-11(17)18-10/h1-4,7H,5-6,13H2. The van der Waals surface area contributed by atoms with Crippen LogP contribution in [-0.4, -0.2) is 19.8 Å². The zero-order valence-corrected chi connectivity index (χ0v) is 10.4. The second kappa shape index (κ2) is 3.29. The number of nitrogens with two attached hydrogens (primary N) is 1. The lowest BCUT2D eigenvalue weighted by atomic mass is 9.97. The smallest absolute Gasteiger partial charge is 0.234 e. The Labute approximate surface area is 107 Å². The Hall–Kier alpha value is -1.95. The van der Waals surface area contributed by atoms with Crippen molar-refractivity contribution in [3.8, 4) is 0 Å². The van der Waals surface area contributed by atoms with E-state index >= 15 is 0 Å². The third-order valence-corrected chi connectivity index (χ3v) is 4.63. The molecule has 6 heteroatoms. The van der Waals surface area contributed by atoms with Gasteiger partial charge in [0, 0.05) is 11.1 Å². The molecule has 0 atom stereocenters. The predicted octanol–water partition coefficient (Wildman–Crippen LogP) is 1.85. The number of hydrogen-bond acceptors (Lipinski definition) is 5. The van der Waals surface area contributed by atoms with E-state index in [9.17, 15) is 0 Å². The normalized spacial score (nSPS) is 17.1. The van der Waals surface area contributed by atoms with Crippen molar-refractivity contribution in [2.24, 2.45) is 0 Å². The Morgan fingerprint density at radius 1 is 1.22 bits per heavy atom. The van der Waals surface area contributed by atoms with Crippen molar-refractivity contribution in [3.05, 3.63) is 41.2 Å². The summed E-state index contributed by atoms with van der Waals surface area (Å²) in [5.74, 6) is 0. The number of rotatable bonds is 2. The lowest BCUT2D eigenvalue weighted by Gasteiger charge is -2.11. The molecule has 1 fully saturated rings. The number of benzene rings is 1. The monoisotopic (exact) mass is 257 g/mol. The summed E-state index contributed by atoms with van der Waals surface area (Å²) in [7, 11) is 0. The first-order valence-electron chi connectivity index (χ1n) is 5.81. The molecule has 1 saturated carbocycles. The largest absolute Gasteiger partial charge is 0.399 e. The number of aromatic nitrogens is 4. The first kappa shape index (κ1) is 10.0. The van der Waals surface area contributed by atoms with Gasteiger partial charge in [0.15, 0.2) is 0 Å². The van der Waals surface area contributed by atoms with Gasteiger partial charge >= 0.3 is 0 Å². The Morgan fingerprint density at radius 3 is 2.67 bits per heavy atom. The summed E-state index contributed by atoms with van der Waals surface area (Å²) in [6.07, 6.45) is 3.93. The fraction of sp³-hybridized carbons (Fsp3) is 0.250. The van der Waals surface area contributed by atoms with Crippen molar-refractivity contribution >= 4 is 22.0 Å². The lowest BCUT2D eigenvalue weighted by Crippen LogP contribution is -2.08. The van der Waals surface area contributed by atoms with Crippen molar-refractivity contribution in [1.29, 1.82) is 0 Å². The fourth-order valence-corrected chi connectivity index (χ4v) is 3.39. The molecule has 0 amide bonds. The number of hydrogen-bond donors (Lipinski definition) is 1. The van der Waals surface area contributed by atoms with Crippen LogP contribution in [0.2, 0.25) is 0 Å². The molecule has 1 aromatic carbocycles. The second-order valence-electron chi connectivity index (χ2n) is 4.67. The molecule has 3 aromatic rings. The van der Waals surface area contributed by atoms with E-state index in [-0.39, 0.29) is 5.41 Å². The molecule has 0 saturated heterocycles. The Bertz CT molecular complexity index is 679. The summed E-state index contributed by atoms with van der Waals surface area (Å²) in [5.41, 5.74) is 7.91. The Balaban J connectivity index is 1.83. The molecule has 0 spiro atoms. The average Bonchev–Trinajstić information content (AvgIpc) is 2.89. The van der Waals surface area contributed by atoms with Crippen LogP contribution in [0.5, 0.6) is 0 Å². The van der Waals surface area contributed by atoms with Crippen molar-refractivity contribution in [1.82, 2.24) is 19.8 Å². The molecule has 18 heavy (non-hydrogen) atoms. The summed E-state index contributed by atoms with van der Waals surface area (Å²) in [5, 5.41) is 13.6. The molecule has 1 aliphatic rings. The van der Waals surface area contributed by atoms with Crippen molar-refractivity contribution < 1.29 is 0 Å². The van der Waals surface area contributed by atoms with Crippen LogP contribution in [0, 0.1) is 0 Å².